The molecule has 0 aromatic heterocycles. The minimum absolute atomic E-state index is 0.0633. The molecule has 3 nitrogen and oxygen atoms in total. The highest BCUT2D eigenvalue weighted by Crippen LogP contribution is 2.27. The molecule has 0 saturated carbocycles. The van der Waals surface area contributed by atoms with Gasteiger partial charge in [0.05, 0.1) is 6.61 Å². The fraction of sp³-hybridized carbons (Fsp3) is 1.00. The molecule has 4 heteroatoms. The lowest BCUT2D eigenvalue weighted by molar-refractivity contribution is 0.0784. The molecule has 0 aromatic rings. The first-order valence-electron chi connectivity index (χ1n) is 5.90. The zero-order valence-corrected chi connectivity index (χ0v) is 9.40. The van der Waals surface area contributed by atoms with Crippen molar-refractivity contribution in [1.82, 2.24) is 9.80 Å². The Kier molecular flexibility index (Phi) is 3.59. The maximum Gasteiger partial charge on any atom is 0.114 e. The highest BCUT2D eigenvalue weighted by atomic mass is 19.1. The molecule has 0 unspecified atom stereocenters. The zero-order chi connectivity index (χ0) is 10.8. The van der Waals surface area contributed by atoms with Gasteiger partial charge in [-0.05, 0) is 39.4 Å². The number of hydrogen-bond acceptors (Lipinski definition) is 3. The summed E-state index contributed by atoms with van der Waals surface area (Å²) in [5, 5.41) is 9.22. The summed E-state index contributed by atoms with van der Waals surface area (Å²) in [7, 11) is 2.13. The van der Waals surface area contributed by atoms with E-state index in [4.69, 9.17) is 0 Å². The van der Waals surface area contributed by atoms with E-state index in [1.54, 1.807) is 0 Å². The molecule has 0 bridgehead atoms. The van der Waals surface area contributed by atoms with Gasteiger partial charge in [-0.3, -0.25) is 4.90 Å². The smallest absolute Gasteiger partial charge is 0.114 e. The number of rotatable bonds is 2. The van der Waals surface area contributed by atoms with Crippen molar-refractivity contribution in [3.63, 3.8) is 0 Å². The van der Waals surface area contributed by atoms with Gasteiger partial charge in [0, 0.05) is 18.6 Å². The summed E-state index contributed by atoms with van der Waals surface area (Å²) in [6, 6.07) is 0.549. The molecule has 15 heavy (non-hydrogen) atoms. The second-order valence-electron chi connectivity index (χ2n) is 4.90. The molecule has 88 valence electrons. The lowest BCUT2D eigenvalue weighted by Crippen LogP contribution is -2.46. The van der Waals surface area contributed by atoms with Crippen molar-refractivity contribution < 1.29 is 9.50 Å². The standard InChI is InChI=1S/C11H21FN2O/c1-13-4-2-10(3-5-13)14-7-9(12)6-11(14)8-15/h9-11,15H,2-8H2,1H3/t9-,11+/m0/s1. The van der Waals surface area contributed by atoms with E-state index in [2.05, 4.69) is 16.8 Å². The van der Waals surface area contributed by atoms with Gasteiger partial charge in [0.25, 0.3) is 0 Å². The van der Waals surface area contributed by atoms with Gasteiger partial charge >= 0.3 is 0 Å². The van der Waals surface area contributed by atoms with Crippen LogP contribution in [0.1, 0.15) is 19.3 Å². The largest absolute Gasteiger partial charge is 0.395 e. The maximum atomic E-state index is 13.3. The topological polar surface area (TPSA) is 26.7 Å². The molecule has 0 spiro atoms. The van der Waals surface area contributed by atoms with E-state index in [0.717, 1.165) is 25.9 Å². The summed E-state index contributed by atoms with van der Waals surface area (Å²) in [5.41, 5.74) is 0. The Morgan fingerprint density at radius 3 is 2.60 bits per heavy atom. The predicted molar refractivity (Wildman–Crippen MR) is 57.6 cm³/mol. The van der Waals surface area contributed by atoms with Crippen LogP contribution in [0.25, 0.3) is 0 Å². The van der Waals surface area contributed by atoms with Gasteiger partial charge in [-0.2, -0.15) is 0 Å². The summed E-state index contributed by atoms with van der Waals surface area (Å²) in [6.45, 7) is 2.82. The quantitative estimate of drug-likeness (QED) is 0.727. The minimum atomic E-state index is -0.734. The lowest BCUT2D eigenvalue weighted by Gasteiger charge is -2.37. The van der Waals surface area contributed by atoms with Crippen LogP contribution in [0.3, 0.4) is 0 Å². The molecule has 2 heterocycles. The van der Waals surface area contributed by atoms with Crippen molar-refractivity contribution in [2.75, 3.05) is 33.3 Å². The molecule has 2 atom stereocenters. The van der Waals surface area contributed by atoms with Crippen molar-refractivity contribution in [1.29, 1.82) is 0 Å². The fourth-order valence-electron chi connectivity index (χ4n) is 2.84. The van der Waals surface area contributed by atoms with Gasteiger partial charge in [-0.1, -0.05) is 0 Å². The molecule has 2 fully saturated rings. The minimum Gasteiger partial charge on any atom is -0.395 e. The number of piperidine rings is 1. The summed E-state index contributed by atoms with van der Waals surface area (Å²) >= 11 is 0. The number of halogens is 1. The fourth-order valence-corrected chi connectivity index (χ4v) is 2.84. The number of aliphatic hydroxyl groups is 1. The number of hydrogen-bond donors (Lipinski definition) is 1. The zero-order valence-electron chi connectivity index (χ0n) is 9.40. The van der Waals surface area contributed by atoms with E-state index >= 15 is 0 Å². The molecule has 1 N–H and O–H groups in total. The van der Waals surface area contributed by atoms with Crippen LogP contribution in [-0.4, -0.2) is 66.5 Å². The number of likely N-dealkylation sites (tertiary alicyclic amines) is 2. The number of aliphatic hydroxyl groups excluding tert-OH is 1. The molecule has 2 saturated heterocycles. The van der Waals surface area contributed by atoms with E-state index in [1.165, 1.54) is 0 Å². The van der Waals surface area contributed by atoms with Gasteiger partial charge in [0.1, 0.15) is 6.17 Å². The van der Waals surface area contributed by atoms with Gasteiger partial charge < -0.3 is 10.0 Å². The van der Waals surface area contributed by atoms with Crippen LogP contribution >= 0.6 is 0 Å². The van der Waals surface area contributed by atoms with E-state index in [-0.39, 0.29) is 12.6 Å². The summed E-state index contributed by atoms with van der Waals surface area (Å²) in [4.78, 5) is 4.51. The van der Waals surface area contributed by atoms with Crippen LogP contribution in [0.15, 0.2) is 0 Å². The van der Waals surface area contributed by atoms with Crippen LogP contribution in [0, 0.1) is 0 Å². The Morgan fingerprint density at radius 1 is 1.33 bits per heavy atom. The van der Waals surface area contributed by atoms with Crippen LogP contribution < -0.4 is 0 Å². The maximum absolute atomic E-state index is 13.3. The van der Waals surface area contributed by atoms with Gasteiger partial charge in [0.2, 0.25) is 0 Å². The number of nitrogens with zero attached hydrogens (tertiary/aromatic N) is 2. The Labute approximate surface area is 90.9 Å². The SMILES string of the molecule is CN1CCC(N2C[C@@H](F)C[C@@H]2CO)CC1. The summed E-state index contributed by atoms with van der Waals surface area (Å²) in [6.07, 6.45) is 2.00. The van der Waals surface area contributed by atoms with Crippen molar-refractivity contribution in [3.8, 4) is 0 Å². The first-order chi connectivity index (χ1) is 7.20. The molecular formula is C11H21FN2O. The third-order valence-electron chi connectivity index (χ3n) is 3.77. The molecule has 0 amide bonds. The Bertz CT molecular complexity index is 207. The second-order valence-corrected chi connectivity index (χ2v) is 4.90. The number of alkyl halides is 1. The average Bonchev–Trinajstić information content (AvgIpc) is 2.61. The van der Waals surface area contributed by atoms with Crippen molar-refractivity contribution >= 4 is 0 Å². The first kappa shape index (κ1) is 11.3. The Balaban J connectivity index is 1.91. The van der Waals surface area contributed by atoms with E-state index < -0.39 is 6.17 Å². The molecule has 2 aliphatic rings. The molecule has 0 aromatic carbocycles. The highest BCUT2D eigenvalue weighted by Gasteiger charge is 2.36. The molecule has 0 aliphatic carbocycles. The first-order valence-corrected chi connectivity index (χ1v) is 5.90. The Morgan fingerprint density at radius 2 is 2.00 bits per heavy atom. The van der Waals surface area contributed by atoms with Gasteiger partial charge in [0.15, 0.2) is 0 Å². The Hall–Kier alpha value is -0.190. The highest BCUT2D eigenvalue weighted by molar-refractivity contribution is 4.91. The summed E-state index contributed by atoms with van der Waals surface area (Å²) < 4.78 is 13.3. The van der Waals surface area contributed by atoms with Crippen molar-refractivity contribution in [2.45, 2.75) is 37.5 Å². The van der Waals surface area contributed by atoms with Crippen LogP contribution in [0.2, 0.25) is 0 Å². The van der Waals surface area contributed by atoms with E-state index in [1.807, 2.05) is 0 Å². The van der Waals surface area contributed by atoms with Crippen LogP contribution in [-0.2, 0) is 0 Å². The van der Waals surface area contributed by atoms with Crippen LogP contribution in [0.5, 0.6) is 0 Å². The molecular weight excluding hydrogens is 195 g/mol. The molecule has 2 rings (SSSR count). The van der Waals surface area contributed by atoms with E-state index in [9.17, 15) is 9.50 Å². The van der Waals surface area contributed by atoms with Gasteiger partial charge in [-0.25, -0.2) is 4.39 Å². The van der Waals surface area contributed by atoms with E-state index in [0.29, 0.717) is 19.0 Å². The van der Waals surface area contributed by atoms with Gasteiger partial charge in [-0.15, -0.1) is 0 Å². The van der Waals surface area contributed by atoms with Crippen LogP contribution in [0.4, 0.5) is 4.39 Å². The third kappa shape index (κ3) is 2.49. The average molecular weight is 216 g/mol. The third-order valence-corrected chi connectivity index (χ3v) is 3.77. The van der Waals surface area contributed by atoms with Crippen molar-refractivity contribution in [3.05, 3.63) is 0 Å². The van der Waals surface area contributed by atoms with Crippen molar-refractivity contribution in [2.24, 2.45) is 0 Å². The second kappa shape index (κ2) is 4.76. The molecule has 0 radical (unpaired) electrons. The molecule has 2 aliphatic heterocycles. The predicted octanol–water partition coefficient (Wildman–Crippen LogP) is 0.485. The normalized spacial score (nSPS) is 36.2. The lowest BCUT2D eigenvalue weighted by atomic mass is 10.0. The monoisotopic (exact) mass is 216 g/mol. The summed E-state index contributed by atoms with van der Waals surface area (Å²) in [5.74, 6) is 0.